The minimum atomic E-state index is -4.74. The number of imidazole rings is 1. The molecule has 2 unspecified atom stereocenters. The fraction of sp³-hybridized carbons (Fsp3) is 0.603. The number of nitrogens with zero attached hydrogens (tertiary/aromatic N) is 6. The van der Waals surface area contributed by atoms with Gasteiger partial charge >= 0.3 is 18.0 Å². The van der Waals surface area contributed by atoms with Gasteiger partial charge in [-0.25, -0.2) is 14.8 Å². The molecule has 0 bridgehead atoms. The molecular formula is C58H89N8O11P. The number of nitrogens with two attached hydrogens (primary N) is 1. The van der Waals surface area contributed by atoms with Crippen LogP contribution in [0.15, 0.2) is 71.9 Å². The van der Waals surface area contributed by atoms with Crippen LogP contribution in [0.3, 0.4) is 0 Å². The molecule has 0 spiro atoms. The fourth-order valence-corrected chi connectivity index (χ4v) is 9.16. The molecular weight excluding hydrogens is 1020 g/mol. The summed E-state index contributed by atoms with van der Waals surface area (Å²) >= 11 is 0. The summed E-state index contributed by atoms with van der Waals surface area (Å²) in [6, 6.07) is 17.4. The number of rotatable bonds is 40. The molecule has 0 aliphatic carbocycles. The van der Waals surface area contributed by atoms with Gasteiger partial charge in [0.1, 0.15) is 30.6 Å². The third kappa shape index (κ3) is 25.8. The van der Waals surface area contributed by atoms with Crippen molar-refractivity contribution < 1.29 is 56.4 Å². The van der Waals surface area contributed by atoms with Crippen LogP contribution in [0.2, 0.25) is 0 Å². The molecule has 2 atom stereocenters. The lowest BCUT2D eigenvalue weighted by atomic mass is 10.0. The number of hydrogen-bond donors (Lipinski definition) is 2. The van der Waals surface area contributed by atoms with Crippen molar-refractivity contribution in [2.24, 2.45) is 23.7 Å². The van der Waals surface area contributed by atoms with E-state index in [0.29, 0.717) is 58.9 Å². The minimum absolute atomic E-state index is 0.0558. The first-order valence-corrected chi connectivity index (χ1v) is 29.7. The SMILES string of the molecule is CCCCCCCCCCCCCCCCCC(=O)OCC(COC(=O)CCN(C(=O)c1ccc2c(c1)nc(CNc1ccc(/C(N)=N/C(=O)OCCCCC)cc1)n2C)c1ccccn1)COP(=O)([O-])OCC[N+](C)(C)C. The monoisotopic (exact) mass is 1100 g/mol. The number of esters is 2. The number of anilines is 2. The number of unbranched alkanes of at least 4 members (excludes halogenated alkanes) is 16. The molecule has 2 heterocycles. The summed E-state index contributed by atoms with van der Waals surface area (Å²) in [6.45, 7) is 4.17. The van der Waals surface area contributed by atoms with Gasteiger partial charge in [0.05, 0.1) is 77.5 Å². The molecule has 2 aromatic heterocycles. The molecule has 0 fully saturated rings. The summed E-state index contributed by atoms with van der Waals surface area (Å²) in [7, 11) is 2.85. The topological polar surface area (TPSA) is 239 Å². The number of quaternary nitrogens is 1. The first-order valence-electron chi connectivity index (χ1n) is 28.2. The zero-order valence-electron chi connectivity index (χ0n) is 47.4. The molecule has 432 valence electrons. The molecule has 0 saturated heterocycles. The van der Waals surface area contributed by atoms with Gasteiger partial charge in [-0.1, -0.05) is 123 Å². The number of phosphoric acid groups is 1. The molecule has 20 heteroatoms. The number of amides is 2. The van der Waals surface area contributed by atoms with E-state index in [4.69, 9.17) is 34.0 Å². The van der Waals surface area contributed by atoms with E-state index >= 15 is 0 Å². The van der Waals surface area contributed by atoms with Gasteiger partial charge in [0, 0.05) is 43.0 Å². The van der Waals surface area contributed by atoms with E-state index in [2.05, 4.69) is 29.1 Å². The number of likely N-dealkylation sites (N-methyl/N-ethyl adjacent to an activating group) is 1. The highest BCUT2D eigenvalue weighted by Gasteiger charge is 2.24. The van der Waals surface area contributed by atoms with Crippen molar-refractivity contribution >= 4 is 60.1 Å². The van der Waals surface area contributed by atoms with Crippen LogP contribution < -0.4 is 20.8 Å². The Labute approximate surface area is 463 Å². The van der Waals surface area contributed by atoms with Crippen molar-refractivity contribution in [2.75, 3.05) is 77.5 Å². The second-order valence-electron chi connectivity index (χ2n) is 21.0. The lowest BCUT2D eigenvalue weighted by Crippen LogP contribution is -2.37. The highest BCUT2D eigenvalue weighted by Crippen LogP contribution is 2.38. The number of pyridine rings is 1. The average molecular weight is 1110 g/mol. The minimum Gasteiger partial charge on any atom is -0.756 e. The summed E-state index contributed by atoms with van der Waals surface area (Å²) in [5, 5.41) is 3.35. The van der Waals surface area contributed by atoms with E-state index in [0.717, 1.165) is 49.7 Å². The first-order chi connectivity index (χ1) is 37.5. The second-order valence-corrected chi connectivity index (χ2v) is 22.4. The summed E-state index contributed by atoms with van der Waals surface area (Å²) in [6.07, 6.45) is 21.7. The Morgan fingerprint density at radius 1 is 0.731 bits per heavy atom. The van der Waals surface area contributed by atoms with Gasteiger partial charge in [0.25, 0.3) is 13.7 Å². The Morgan fingerprint density at radius 3 is 1.92 bits per heavy atom. The highest BCUT2D eigenvalue weighted by atomic mass is 31.2. The van der Waals surface area contributed by atoms with Crippen molar-refractivity contribution in [3.8, 4) is 0 Å². The maximum Gasteiger partial charge on any atom is 0.435 e. The molecule has 4 rings (SSSR count). The third-order valence-electron chi connectivity index (χ3n) is 13.2. The molecule has 0 aliphatic heterocycles. The average Bonchev–Trinajstić information content (AvgIpc) is 3.73. The first kappa shape index (κ1) is 64.8. The number of benzene rings is 2. The van der Waals surface area contributed by atoms with Crippen molar-refractivity contribution in [1.82, 2.24) is 14.5 Å². The Balaban J connectivity index is 1.30. The van der Waals surface area contributed by atoms with E-state index in [-0.39, 0.29) is 45.0 Å². The molecule has 2 amide bonds. The predicted octanol–water partition coefficient (Wildman–Crippen LogP) is 10.8. The number of aromatic nitrogens is 3. The van der Waals surface area contributed by atoms with Crippen LogP contribution in [-0.2, 0) is 51.0 Å². The number of nitrogens with one attached hydrogen (secondary N) is 1. The molecule has 78 heavy (non-hydrogen) atoms. The Kier molecular flexibility index (Phi) is 29.7. The second kappa shape index (κ2) is 35.7. The van der Waals surface area contributed by atoms with Crippen molar-refractivity contribution in [3.63, 3.8) is 0 Å². The van der Waals surface area contributed by atoms with Crippen LogP contribution in [0.25, 0.3) is 11.0 Å². The molecule has 0 aliphatic rings. The van der Waals surface area contributed by atoms with Crippen molar-refractivity contribution in [1.29, 1.82) is 0 Å². The molecule has 2 aromatic carbocycles. The highest BCUT2D eigenvalue weighted by molar-refractivity contribution is 7.45. The van der Waals surface area contributed by atoms with Crippen LogP contribution in [-0.4, -0.2) is 116 Å². The van der Waals surface area contributed by atoms with Crippen molar-refractivity contribution in [2.45, 2.75) is 149 Å². The van der Waals surface area contributed by atoms with Gasteiger partial charge in [-0.15, -0.1) is 0 Å². The number of hydrogen-bond acceptors (Lipinski definition) is 14. The number of amidine groups is 1. The number of aryl methyl sites for hydroxylation is 1. The molecule has 0 radical (unpaired) electrons. The van der Waals surface area contributed by atoms with Crippen molar-refractivity contribution in [3.05, 3.63) is 83.8 Å². The summed E-state index contributed by atoms with van der Waals surface area (Å²) in [5.41, 5.74) is 9.09. The normalized spacial score (nSPS) is 13.0. The van der Waals surface area contributed by atoms with Gasteiger partial charge < -0.3 is 48.3 Å². The number of carbonyl (C=O) groups excluding carboxylic acids is 4. The quantitative estimate of drug-likeness (QED) is 0.00801. The van der Waals surface area contributed by atoms with Crippen LogP contribution in [0, 0.1) is 5.92 Å². The predicted molar refractivity (Wildman–Crippen MR) is 304 cm³/mol. The fourth-order valence-electron chi connectivity index (χ4n) is 8.39. The number of ether oxygens (including phenoxy) is 3. The molecule has 3 N–H and O–H groups in total. The van der Waals surface area contributed by atoms with Gasteiger partial charge in [0.15, 0.2) is 0 Å². The Hall–Kier alpha value is -5.72. The van der Waals surface area contributed by atoms with Gasteiger partial charge in [-0.05, 0) is 67.4 Å². The van der Waals surface area contributed by atoms with E-state index in [1.165, 1.54) is 75.5 Å². The smallest absolute Gasteiger partial charge is 0.435 e. The number of phosphoric ester groups is 1. The number of aliphatic imine (C=N–C) groups is 1. The zero-order chi connectivity index (χ0) is 56.6. The molecule has 0 saturated carbocycles. The summed E-state index contributed by atoms with van der Waals surface area (Å²) in [5.74, 6) is -1.30. The van der Waals surface area contributed by atoms with Crippen LogP contribution >= 0.6 is 7.82 Å². The molecule has 4 aromatic rings. The number of carbonyl (C=O) groups is 4. The lowest BCUT2D eigenvalue weighted by molar-refractivity contribution is -0.870. The maximum atomic E-state index is 14.3. The van der Waals surface area contributed by atoms with Crippen LogP contribution in [0.4, 0.5) is 16.3 Å². The Bertz CT molecular complexity index is 2480. The third-order valence-corrected chi connectivity index (χ3v) is 14.1. The van der Waals surface area contributed by atoms with E-state index in [1.807, 2.05) is 44.9 Å². The lowest BCUT2D eigenvalue weighted by Gasteiger charge is -2.28. The van der Waals surface area contributed by atoms with Gasteiger partial charge in [-0.2, -0.15) is 4.99 Å². The molecule has 19 nitrogen and oxygen atoms in total. The van der Waals surface area contributed by atoms with Gasteiger partial charge in [0.2, 0.25) is 0 Å². The van der Waals surface area contributed by atoms with E-state index in [9.17, 15) is 28.6 Å². The Morgan fingerprint density at radius 2 is 1.32 bits per heavy atom. The summed E-state index contributed by atoms with van der Waals surface area (Å²) in [4.78, 5) is 79.7. The van der Waals surface area contributed by atoms with Crippen LogP contribution in [0.1, 0.15) is 164 Å². The van der Waals surface area contributed by atoms with Gasteiger partial charge in [-0.3, -0.25) is 23.8 Å². The zero-order valence-corrected chi connectivity index (χ0v) is 48.3. The summed E-state index contributed by atoms with van der Waals surface area (Å²) < 4.78 is 41.7. The number of fused-ring (bicyclic) bond motifs is 1. The van der Waals surface area contributed by atoms with E-state index in [1.54, 1.807) is 54.7 Å². The van der Waals surface area contributed by atoms with Crippen LogP contribution in [0.5, 0.6) is 0 Å². The maximum absolute atomic E-state index is 14.3. The van der Waals surface area contributed by atoms with E-state index < -0.39 is 44.3 Å². The largest absolute Gasteiger partial charge is 0.756 e. The standard InChI is InChI=1S/C58H89N8O11P/c1-7-9-11-12-13-14-15-16-17-18-19-20-21-22-23-28-54(67)74-43-46(45-77-78(71,72)76-40-38-66(4,5)6)44-75-55(68)35-37-65(52-27-24-25-36-60-52)57(69)48-31-34-51-50(41-48)62-53(64(51)3)42-61-49-32-29-47(30-33-49)56(59)63-58(70)73-39-26-10-8-2/h24-25,27,29-34,36,41,46H,7-23,26,28,35,37-40,42-45H2,1-6H3,(H3-,59,61,63,70,71,72).